The van der Waals surface area contributed by atoms with Gasteiger partial charge in [-0.05, 0) is 29.3 Å². The zero-order valence-corrected chi connectivity index (χ0v) is 16.5. The molecular formula is C22H22O7. The molecule has 1 aliphatic carbocycles. The Kier molecular flexibility index (Phi) is 4.28. The number of methoxy groups -OCH3 is 3. The Bertz CT molecular complexity index is 984. The second-order valence-electron chi connectivity index (χ2n) is 7.35. The van der Waals surface area contributed by atoms with Gasteiger partial charge in [0.25, 0.3) is 0 Å². The minimum Gasteiger partial charge on any atom is -0.493 e. The Balaban J connectivity index is 1.73. The highest BCUT2D eigenvalue weighted by atomic mass is 16.7. The summed E-state index contributed by atoms with van der Waals surface area (Å²) in [6.07, 6.45) is 0.386. The lowest BCUT2D eigenvalue weighted by Crippen LogP contribution is -2.35. The molecule has 0 spiro atoms. The van der Waals surface area contributed by atoms with Crippen molar-refractivity contribution in [2.45, 2.75) is 18.4 Å². The van der Waals surface area contributed by atoms with Crippen molar-refractivity contribution in [3.8, 4) is 28.7 Å². The van der Waals surface area contributed by atoms with Crippen molar-refractivity contribution < 1.29 is 33.2 Å². The number of ketones is 1. The van der Waals surface area contributed by atoms with Gasteiger partial charge in [-0.3, -0.25) is 4.79 Å². The van der Waals surface area contributed by atoms with Crippen LogP contribution >= 0.6 is 0 Å². The predicted octanol–water partition coefficient (Wildman–Crippen LogP) is 2.71. The zero-order chi connectivity index (χ0) is 20.1. The molecule has 0 saturated carbocycles. The average Bonchev–Trinajstić information content (AvgIpc) is 3.36. The second-order valence-corrected chi connectivity index (χ2v) is 7.35. The third kappa shape index (κ3) is 2.64. The van der Waals surface area contributed by atoms with Gasteiger partial charge in [0.2, 0.25) is 12.5 Å². The van der Waals surface area contributed by atoms with Gasteiger partial charge in [0.05, 0.1) is 33.4 Å². The highest BCUT2D eigenvalue weighted by Gasteiger charge is 2.48. The predicted molar refractivity (Wildman–Crippen MR) is 102 cm³/mol. The molecule has 152 valence electrons. The first-order valence-corrected chi connectivity index (χ1v) is 9.51. The topological polar surface area (TPSA) is 72.5 Å². The Labute approximate surface area is 168 Å². The number of carbonyl (C=O) groups excluding carboxylic acids is 1. The molecule has 5 rings (SSSR count). The lowest BCUT2D eigenvalue weighted by molar-refractivity contribution is -0.120. The van der Waals surface area contributed by atoms with Crippen LogP contribution in [0, 0.1) is 5.92 Å². The number of benzene rings is 2. The molecule has 0 radical (unpaired) electrons. The van der Waals surface area contributed by atoms with Gasteiger partial charge < -0.3 is 28.4 Å². The molecule has 2 aromatic carbocycles. The number of Topliss-reactive ketones (excluding diaryl/α,β-unsaturated/α-hetero) is 1. The zero-order valence-electron chi connectivity index (χ0n) is 16.5. The first kappa shape index (κ1) is 18.1. The van der Waals surface area contributed by atoms with E-state index in [1.54, 1.807) is 21.3 Å². The van der Waals surface area contributed by atoms with E-state index in [9.17, 15) is 4.79 Å². The third-order valence-corrected chi connectivity index (χ3v) is 6.04. The minimum atomic E-state index is -0.273. The van der Waals surface area contributed by atoms with Crippen LogP contribution < -0.4 is 23.7 Å². The Hall–Kier alpha value is -2.93. The lowest BCUT2D eigenvalue weighted by Gasteiger charge is -2.35. The van der Waals surface area contributed by atoms with Crippen LogP contribution in [0.4, 0.5) is 0 Å². The van der Waals surface area contributed by atoms with E-state index in [1.165, 1.54) is 0 Å². The molecule has 1 saturated heterocycles. The number of carbonyl (C=O) groups is 1. The van der Waals surface area contributed by atoms with Gasteiger partial charge in [0.15, 0.2) is 28.8 Å². The van der Waals surface area contributed by atoms with Gasteiger partial charge in [0.1, 0.15) is 6.61 Å². The molecule has 2 heterocycles. The molecule has 1 fully saturated rings. The molecule has 3 aliphatic rings. The molecule has 3 atom stereocenters. The molecule has 0 aromatic heterocycles. The van der Waals surface area contributed by atoms with E-state index in [2.05, 4.69) is 0 Å². The van der Waals surface area contributed by atoms with Crippen LogP contribution in [0.2, 0.25) is 0 Å². The summed E-state index contributed by atoms with van der Waals surface area (Å²) in [4.78, 5) is 12.8. The van der Waals surface area contributed by atoms with E-state index in [1.807, 2.05) is 24.3 Å². The molecular weight excluding hydrogens is 376 g/mol. The quantitative estimate of drug-likeness (QED) is 0.784. The number of ether oxygens (including phenoxy) is 6. The number of hydrogen-bond donors (Lipinski definition) is 0. The van der Waals surface area contributed by atoms with Gasteiger partial charge >= 0.3 is 0 Å². The maximum Gasteiger partial charge on any atom is 0.231 e. The normalized spacial score (nSPS) is 24.1. The van der Waals surface area contributed by atoms with Gasteiger partial charge in [-0.25, -0.2) is 0 Å². The highest BCUT2D eigenvalue weighted by Crippen LogP contribution is 2.54. The Morgan fingerprint density at radius 2 is 1.83 bits per heavy atom. The van der Waals surface area contributed by atoms with Gasteiger partial charge in [-0.15, -0.1) is 0 Å². The highest BCUT2D eigenvalue weighted by molar-refractivity contribution is 5.87. The van der Waals surface area contributed by atoms with Crippen molar-refractivity contribution in [2.75, 3.05) is 34.7 Å². The fourth-order valence-electron chi connectivity index (χ4n) is 4.78. The van der Waals surface area contributed by atoms with E-state index in [4.69, 9.17) is 28.4 Å². The number of fused-ring (bicyclic) bond motifs is 3. The minimum absolute atomic E-state index is 0.108. The molecule has 0 amide bonds. The van der Waals surface area contributed by atoms with E-state index >= 15 is 0 Å². The van der Waals surface area contributed by atoms with Crippen molar-refractivity contribution in [3.05, 3.63) is 41.0 Å². The summed E-state index contributed by atoms with van der Waals surface area (Å²) in [7, 11) is 4.82. The molecule has 0 N–H and O–H groups in total. The summed E-state index contributed by atoms with van der Waals surface area (Å²) < 4.78 is 33.7. The first-order chi connectivity index (χ1) is 14.2. The van der Waals surface area contributed by atoms with Crippen molar-refractivity contribution in [1.82, 2.24) is 0 Å². The van der Waals surface area contributed by atoms with Crippen molar-refractivity contribution in [1.29, 1.82) is 0 Å². The molecule has 7 nitrogen and oxygen atoms in total. The van der Waals surface area contributed by atoms with Gasteiger partial charge in [-0.1, -0.05) is 6.07 Å². The van der Waals surface area contributed by atoms with Crippen LogP contribution in [-0.4, -0.2) is 46.6 Å². The summed E-state index contributed by atoms with van der Waals surface area (Å²) in [5.74, 6) is 2.79. The van der Waals surface area contributed by atoms with Crippen LogP contribution in [0.3, 0.4) is 0 Å². The van der Waals surface area contributed by atoms with Crippen molar-refractivity contribution >= 4 is 5.78 Å². The summed E-state index contributed by atoms with van der Waals surface area (Å²) in [5, 5.41) is 0. The SMILES string of the molecule is COc1ccc([C@@H]2c3cc4c(c(OC)c3C[C@@H]3OCC(=O)[C@H]23)OCO4)cc1OC. The van der Waals surface area contributed by atoms with E-state index in [-0.39, 0.29) is 37.1 Å². The van der Waals surface area contributed by atoms with Crippen molar-refractivity contribution in [3.63, 3.8) is 0 Å². The molecule has 7 heteroatoms. The molecule has 0 bridgehead atoms. The van der Waals surface area contributed by atoms with Crippen LogP contribution in [0.15, 0.2) is 24.3 Å². The summed E-state index contributed by atoms with van der Waals surface area (Å²) in [6, 6.07) is 7.74. The number of hydrogen-bond acceptors (Lipinski definition) is 7. The Morgan fingerprint density at radius 3 is 2.59 bits per heavy atom. The van der Waals surface area contributed by atoms with E-state index < -0.39 is 0 Å². The molecule has 29 heavy (non-hydrogen) atoms. The maximum absolute atomic E-state index is 12.8. The fourth-order valence-corrected chi connectivity index (χ4v) is 4.78. The van der Waals surface area contributed by atoms with Gasteiger partial charge in [-0.2, -0.15) is 0 Å². The summed E-state index contributed by atoms with van der Waals surface area (Å²) >= 11 is 0. The smallest absolute Gasteiger partial charge is 0.231 e. The summed E-state index contributed by atoms with van der Waals surface area (Å²) in [6.45, 7) is 0.278. The van der Waals surface area contributed by atoms with Crippen LogP contribution in [0.25, 0.3) is 0 Å². The molecule has 0 unspecified atom stereocenters. The van der Waals surface area contributed by atoms with Crippen LogP contribution in [-0.2, 0) is 16.0 Å². The van der Waals surface area contributed by atoms with E-state index in [0.717, 1.165) is 16.7 Å². The molecule has 2 aromatic rings. The standard InChI is InChI=1S/C22H22O7/c1-24-15-5-4-11(6-16(15)25-2)19-12-7-18-22(29-10-28-18)21(26-3)13(12)8-17-20(19)14(23)9-27-17/h4-7,17,19-20H,8-10H2,1-3H3/t17-,19+,20-/m0/s1. The largest absolute Gasteiger partial charge is 0.493 e. The third-order valence-electron chi connectivity index (χ3n) is 6.04. The van der Waals surface area contributed by atoms with E-state index in [0.29, 0.717) is 35.2 Å². The maximum atomic E-state index is 12.8. The number of rotatable bonds is 4. The summed E-state index contributed by atoms with van der Waals surface area (Å²) in [5.41, 5.74) is 2.95. The monoisotopic (exact) mass is 398 g/mol. The van der Waals surface area contributed by atoms with Gasteiger partial charge in [0, 0.05) is 17.9 Å². The lowest BCUT2D eigenvalue weighted by atomic mass is 9.69. The van der Waals surface area contributed by atoms with Crippen LogP contribution in [0.1, 0.15) is 22.6 Å². The molecule has 2 aliphatic heterocycles. The second kappa shape index (κ2) is 6.84. The fraction of sp³-hybridized carbons (Fsp3) is 0.409. The van der Waals surface area contributed by atoms with Crippen LogP contribution in [0.5, 0.6) is 28.7 Å². The average molecular weight is 398 g/mol. The van der Waals surface area contributed by atoms with Crippen molar-refractivity contribution in [2.24, 2.45) is 5.92 Å². The Morgan fingerprint density at radius 1 is 1.00 bits per heavy atom. The first-order valence-electron chi connectivity index (χ1n) is 9.51.